The van der Waals surface area contributed by atoms with Gasteiger partial charge in [0.25, 0.3) is 0 Å². The van der Waals surface area contributed by atoms with Gasteiger partial charge in [0.05, 0.1) is 11.9 Å². The van der Waals surface area contributed by atoms with Crippen molar-refractivity contribution in [2.24, 2.45) is 0 Å². The molecule has 0 spiro atoms. The molecule has 0 saturated carbocycles. The van der Waals surface area contributed by atoms with Gasteiger partial charge in [0.1, 0.15) is 5.82 Å². The summed E-state index contributed by atoms with van der Waals surface area (Å²) in [5, 5.41) is 2.85. The summed E-state index contributed by atoms with van der Waals surface area (Å²) in [5.41, 5.74) is 3.03. The molecule has 1 amide bonds. The van der Waals surface area contributed by atoms with Crippen LogP contribution in [-0.4, -0.2) is 24.0 Å². The molecule has 1 aliphatic rings. The molecule has 3 rings (SSSR count). The summed E-state index contributed by atoms with van der Waals surface area (Å²) in [6.45, 7) is 6.47. The summed E-state index contributed by atoms with van der Waals surface area (Å²) < 4.78 is 0. The molecule has 1 saturated heterocycles. The number of hydrogen-bond donors (Lipinski definition) is 1. The van der Waals surface area contributed by atoms with Crippen molar-refractivity contribution in [2.75, 3.05) is 23.3 Å². The average molecular weight is 335 g/mol. The van der Waals surface area contributed by atoms with Crippen LogP contribution in [0.2, 0.25) is 0 Å². The van der Waals surface area contributed by atoms with Gasteiger partial charge in [-0.25, -0.2) is 4.98 Å². The molecule has 0 aliphatic carbocycles. The summed E-state index contributed by atoms with van der Waals surface area (Å²) in [6, 6.07) is 12.1. The van der Waals surface area contributed by atoms with E-state index >= 15 is 0 Å². The van der Waals surface area contributed by atoms with Gasteiger partial charge in [0.2, 0.25) is 5.91 Å². The van der Waals surface area contributed by atoms with Crippen molar-refractivity contribution in [3.8, 4) is 0 Å². The quantitative estimate of drug-likeness (QED) is 0.821. The maximum atomic E-state index is 12.1. The molecule has 2 aromatic rings. The first kappa shape index (κ1) is 17.2. The number of nitrogens with one attached hydrogen (secondary N) is 1. The fourth-order valence-corrected chi connectivity index (χ4v) is 2.94. The molecule has 25 heavy (non-hydrogen) atoms. The molecule has 0 radical (unpaired) electrons. The second-order valence-electron chi connectivity index (χ2n) is 6.74. The molecule has 1 fully saturated rings. The fourth-order valence-electron chi connectivity index (χ4n) is 2.94. The molecule has 0 bridgehead atoms. The van der Waals surface area contributed by atoms with Gasteiger partial charge >= 0.3 is 0 Å². The van der Waals surface area contributed by atoms with Gasteiger partial charge in [-0.1, -0.05) is 38.1 Å². The van der Waals surface area contributed by atoms with Crippen molar-refractivity contribution >= 4 is 23.5 Å². The Hall–Kier alpha value is -2.62. The molecule has 4 nitrogen and oxygen atoms in total. The highest BCUT2D eigenvalue weighted by molar-refractivity contribution is 6.01. The summed E-state index contributed by atoms with van der Waals surface area (Å²) >= 11 is 0. The van der Waals surface area contributed by atoms with Crippen LogP contribution in [0.3, 0.4) is 0 Å². The van der Waals surface area contributed by atoms with Gasteiger partial charge in [-0.2, -0.15) is 0 Å². The first-order valence-corrected chi connectivity index (χ1v) is 8.92. The number of nitrogens with zero attached hydrogens (tertiary/aromatic N) is 2. The molecular weight excluding hydrogens is 310 g/mol. The SMILES string of the molecule is CC(C)c1ccc(/C=C/C(=O)Nc2ccc(N3CCCC3)nc2)cc1. The molecule has 1 aliphatic heterocycles. The smallest absolute Gasteiger partial charge is 0.248 e. The number of benzene rings is 1. The largest absolute Gasteiger partial charge is 0.357 e. The van der Waals surface area contributed by atoms with E-state index in [-0.39, 0.29) is 5.91 Å². The Morgan fingerprint density at radius 1 is 1.12 bits per heavy atom. The van der Waals surface area contributed by atoms with Crippen LogP contribution in [0.25, 0.3) is 6.08 Å². The maximum Gasteiger partial charge on any atom is 0.248 e. The fraction of sp³-hybridized carbons (Fsp3) is 0.333. The Labute approximate surface area is 149 Å². The number of pyridine rings is 1. The van der Waals surface area contributed by atoms with Crippen LogP contribution in [0.1, 0.15) is 43.7 Å². The standard InChI is InChI=1S/C21H25N3O/c1-16(2)18-8-5-17(6-9-18)7-12-21(25)23-19-10-11-20(22-15-19)24-13-3-4-14-24/h5-12,15-16H,3-4,13-14H2,1-2H3,(H,23,25)/b12-7+. The van der Waals surface area contributed by atoms with Crippen molar-refractivity contribution in [3.63, 3.8) is 0 Å². The molecular formula is C21H25N3O. The number of carbonyl (C=O) groups is 1. The van der Waals surface area contributed by atoms with Crippen molar-refractivity contribution in [1.82, 2.24) is 4.98 Å². The van der Waals surface area contributed by atoms with Gasteiger partial charge < -0.3 is 10.2 Å². The topological polar surface area (TPSA) is 45.2 Å². The first-order valence-electron chi connectivity index (χ1n) is 8.92. The Morgan fingerprint density at radius 3 is 2.44 bits per heavy atom. The van der Waals surface area contributed by atoms with Crippen molar-refractivity contribution in [3.05, 3.63) is 59.8 Å². The van der Waals surface area contributed by atoms with E-state index in [1.165, 1.54) is 18.4 Å². The molecule has 130 valence electrons. The minimum Gasteiger partial charge on any atom is -0.357 e. The van der Waals surface area contributed by atoms with Gasteiger partial charge in [-0.3, -0.25) is 4.79 Å². The second-order valence-corrected chi connectivity index (χ2v) is 6.74. The van der Waals surface area contributed by atoms with Crippen LogP contribution in [0.5, 0.6) is 0 Å². The molecule has 2 heterocycles. The number of carbonyl (C=O) groups excluding carboxylic acids is 1. The van der Waals surface area contributed by atoms with Crippen molar-refractivity contribution < 1.29 is 4.79 Å². The van der Waals surface area contributed by atoms with Crippen LogP contribution in [0.4, 0.5) is 11.5 Å². The number of hydrogen-bond acceptors (Lipinski definition) is 3. The zero-order valence-corrected chi connectivity index (χ0v) is 14.9. The summed E-state index contributed by atoms with van der Waals surface area (Å²) in [4.78, 5) is 18.8. The zero-order valence-electron chi connectivity index (χ0n) is 14.9. The first-order chi connectivity index (χ1) is 12.1. The highest BCUT2D eigenvalue weighted by atomic mass is 16.1. The van der Waals surface area contributed by atoms with Crippen LogP contribution in [-0.2, 0) is 4.79 Å². The normalized spacial score (nSPS) is 14.4. The number of anilines is 2. The predicted octanol–water partition coefficient (Wildman–Crippen LogP) is 4.46. The Balaban J connectivity index is 1.56. The van der Waals surface area contributed by atoms with Gasteiger partial charge in [-0.15, -0.1) is 0 Å². The monoisotopic (exact) mass is 335 g/mol. The molecule has 1 N–H and O–H groups in total. The number of aromatic nitrogens is 1. The third-order valence-corrected chi connectivity index (χ3v) is 4.48. The van der Waals surface area contributed by atoms with E-state index in [9.17, 15) is 4.79 Å². The van der Waals surface area contributed by atoms with Crippen LogP contribution in [0.15, 0.2) is 48.7 Å². The molecule has 4 heteroatoms. The van der Waals surface area contributed by atoms with Crippen molar-refractivity contribution in [2.45, 2.75) is 32.6 Å². The lowest BCUT2D eigenvalue weighted by molar-refractivity contribution is -0.111. The van der Waals surface area contributed by atoms with Gasteiger partial charge in [-0.05, 0) is 48.1 Å². The lowest BCUT2D eigenvalue weighted by Gasteiger charge is -2.16. The van der Waals surface area contributed by atoms with Gasteiger partial charge in [0.15, 0.2) is 0 Å². The molecule has 0 atom stereocenters. The third-order valence-electron chi connectivity index (χ3n) is 4.48. The summed E-state index contributed by atoms with van der Waals surface area (Å²) in [7, 11) is 0. The van der Waals surface area contributed by atoms with E-state index in [0.29, 0.717) is 11.6 Å². The van der Waals surface area contributed by atoms with Gasteiger partial charge in [0, 0.05) is 19.2 Å². The average Bonchev–Trinajstić information content (AvgIpc) is 3.15. The Bertz CT molecular complexity index is 727. The van der Waals surface area contributed by atoms with Crippen LogP contribution in [0, 0.1) is 0 Å². The minimum absolute atomic E-state index is 0.149. The molecule has 1 aromatic heterocycles. The van der Waals surface area contributed by atoms with E-state index in [2.05, 4.69) is 41.2 Å². The summed E-state index contributed by atoms with van der Waals surface area (Å²) in [6.07, 6.45) is 7.55. The van der Waals surface area contributed by atoms with E-state index in [1.807, 2.05) is 30.3 Å². The van der Waals surface area contributed by atoms with Crippen LogP contribution >= 0.6 is 0 Å². The molecule has 0 unspecified atom stereocenters. The number of rotatable bonds is 5. The second kappa shape index (κ2) is 7.97. The maximum absolute atomic E-state index is 12.1. The predicted molar refractivity (Wildman–Crippen MR) is 104 cm³/mol. The Morgan fingerprint density at radius 2 is 1.84 bits per heavy atom. The summed E-state index contributed by atoms with van der Waals surface area (Å²) in [5.74, 6) is 1.34. The lowest BCUT2D eigenvalue weighted by Crippen LogP contribution is -2.18. The van der Waals surface area contributed by atoms with Crippen molar-refractivity contribution in [1.29, 1.82) is 0 Å². The Kier molecular flexibility index (Phi) is 5.49. The van der Waals surface area contributed by atoms with E-state index in [0.717, 1.165) is 24.5 Å². The zero-order chi connectivity index (χ0) is 17.6. The van der Waals surface area contributed by atoms with Crippen LogP contribution < -0.4 is 10.2 Å². The van der Waals surface area contributed by atoms with E-state index < -0.39 is 0 Å². The molecule has 1 aromatic carbocycles. The number of amides is 1. The highest BCUT2D eigenvalue weighted by Crippen LogP contribution is 2.19. The lowest BCUT2D eigenvalue weighted by atomic mass is 10.0. The van der Waals surface area contributed by atoms with E-state index in [4.69, 9.17) is 0 Å². The minimum atomic E-state index is -0.149. The third kappa shape index (κ3) is 4.69. The highest BCUT2D eigenvalue weighted by Gasteiger charge is 2.13. The van der Waals surface area contributed by atoms with E-state index in [1.54, 1.807) is 12.3 Å².